The van der Waals surface area contributed by atoms with Crippen molar-refractivity contribution in [3.8, 4) is 0 Å². The molecule has 1 aromatic carbocycles. The molecule has 0 saturated carbocycles. The van der Waals surface area contributed by atoms with Crippen LogP contribution in [0.2, 0.25) is 0 Å². The van der Waals surface area contributed by atoms with Crippen LogP contribution in [0.4, 0.5) is 4.39 Å². The number of likely N-dealkylation sites (tertiary alicyclic amines) is 1. The van der Waals surface area contributed by atoms with Crippen molar-refractivity contribution in [2.75, 3.05) is 27.2 Å². The smallest absolute Gasteiger partial charge is 0.239 e. The van der Waals surface area contributed by atoms with Gasteiger partial charge in [0.2, 0.25) is 5.91 Å². The number of carbonyl (C=O) groups is 2. The van der Waals surface area contributed by atoms with E-state index in [1.54, 1.807) is 19.0 Å². The van der Waals surface area contributed by atoms with Crippen LogP contribution < -0.4 is 0 Å². The van der Waals surface area contributed by atoms with Gasteiger partial charge in [-0.25, -0.2) is 4.39 Å². The Morgan fingerprint density at radius 3 is 2.50 bits per heavy atom. The number of carbonyl (C=O) groups excluding carboxylic acids is 2. The molecule has 0 spiro atoms. The van der Waals surface area contributed by atoms with E-state index in [2.05, 4.69) is 4.90 Å². The van der Waals surface area contributed by atoms with Gasteiger partial charge in [-0.15, -0.1) is 0 Å². The molecule has 0 N–H and O–H groups in total. The van der Waals surface area contributed by atoms with E-state index in [1.807, 2.05) is 6.92 Å². The lowest BCUT2D eigenvalue weighted by molar-refractivity contribution is -0.134. The third-order valence-corrected chi connectivity index (χ3v) is 4.30. The second-order valence-electron chi connectivity index (χ2n) is 6.11. The molecule has 4 nitrogen and oxygen atoms in total. The highest BCUT2D eigenvalue weighted by Gasteiger charge is 2.31. The molecule has 1 heterocycles. The van der Waals surface area contributed by atoms with Gasteiger partial charge in [0.15, 0.2) is 5.78 Å². The van der Waals surface area contributed by atoms with E-state index in [-0.39, 0.29) is 29.5 Å². The molecule has 2 rings (SSSR count). The molecule has 2 atom stereocenters. The lowest BCUT2D eigenvalue weighted by Crippen LogP contribution is -2.49. The number of rotatable bonds is 4. The first-order chi connectivity index (χ1) is 10.4. The van der Waals surface area contributed by atoms with Crippen LogP contribution >= 0.6 is 0 Å². The van der Waals surface area contributed by atoms with Crippen LogP contribution in [-0.2, 0) is 4.79 Å². The predicted molar refractivity (Wildman–Crippen MR) is 83.2 cm³/mol. The molecule has 1 aliphatic heterocycles. The summed E-state index contributed by atoms with van der Waals surface area (Å²) < 4.78 is 13.0. The molecule has 0 radical (unpaired) electrons. The van der Waals surface area contributed by atoms with Crippen molar-refractivity contribution >= 4 is 11.7 Å². The average Bonchev–Trinajstić information content (AvgIpc) is 2.53. The minimum atomic E-state index is -0.341. The number of likely N-dealkylation sites (N-methyl/N-ethyl adjacent to an activating group) is 1. The Morgan fingerprint density at radius 1 is 1.27 bits per heavy atom. The van der Waals surface area contributed by atoms with Crippen LogP contribution in [0.1, 0.15) is 30.1 Å². The summed E-state index contributed by atoms with van der Waals surface area (Å²) in [4.78, 5) is 28.3. The third kappa shape index (κ3) is 3.71. The highest BCUT2D eigenvalue weighted by molar-refractivity contribution is 5.98. The Hall–Kier alpha value is -1.75. The van der Waals surface area contributed by atoms with Gasteiger partial charge >= 0.3 is 0 Å². The third-order valence-electron chi connectivity index (χ3n) is 4.30. The SMILES string of the molecule is CC(C(=O)N(C)C)N1CCCC(C(=O)c2ccc(F)cc2)C1. The fraction of sp³-hybridized carbons (Fsp3) is 0.529. The number of hydrogen-bond acceptors (Lipinski definition) is 3. The fourth-order valence-corrected chi connectivity index (χ4v) is 2.95. The first kappa shape index (κ1) is 16.6. The summed E-state index contributed by atoms with van der Waals surface area (Å²) in [5.41, 5.74) is 0.542. The maximum absolute atomic E-state index is 13.0. The quantitative estimate of drug-likeness (QED) is 0.801. The van der Waals surface area contributed by atoms with Gasteiger partial charge < -0.3 is 4.90 Å². The zero-order valence-corrected chi connectivity index (χ0v) is 13.4. The van der Waals surface area contributed by atoms with Crippen LogP contribution in [0, 0.1) is 11.7 Å². The van der Waals surface area contributed by atoms with Crippen molar-refractivity contribution in [3.63, 3.8) is 0 Å². The highest BCUT2D eigenvalue weighted by atomic mass is 19.1. The summed E-state index contributed by atoms with van der Waals surface area (Å²) >= 11 is 0. The van der Waals surface area contributed by atoms with Crippen molar-refractivity contribution in [2.24, 2.45) is 5.92 Å². The van der Waals surface area contributed by atoms with Gasteiger partial charge in [0.25, 0.3) is 0 Å². The van der Waals surface area contributed by atoms with E-state index in [0.717, 1.165) is 19.4 Å². The zero-order chi connectivity index (χ0) is 16.3. The summed E-state index contributed by atoms with van der Waals surface area (Å²) in [5, 5.41) is 0. The molecule has 22 heavy (non-hydrogen) atoms. The van der Waals surface area contributed by atoms with E-state index in [1.165, 1.54) is 24.3 Å². The maximum atomic E-state index is 13.0. The Balaban J connectivity index is 2.05. The van der Waals surface area contributed by atoms with Crippen LogP contribution in [-0.4, -0.2) is 54.7 Å². The number of benzene rings is 1. The number of halogens is 1. The lowest BCUT2D eigenvalue weighted by Gasteiger charge is -2.36. The van der Waals surface area contributed by atoms with Crippen molar-refractivity contribution in [1.82, 2.24) is 9.80 Å². The molecule has 1 saturated heterocycles. The van der Waals surface area contributed by atoms with Crippen molar-refractivity contribution in [1.29, 1.82) is 0 Å². The molecule has 1 amide bonds. The maximum Gasteiger partial charge on any atom is 0.239 e. The molecule has 1 fully saturated rings. The van der Waals surface area contributed by atoms with Gasteiger partial charge in [-0.1, -0.05) is 0 Å². The van der Waals surface area contributed by atoms with Crippen LogP contribution in [0.15, 0.2) is 24.3 Å². The van der Waals surface area contributed by atoms with Crippen LogP contribution in [0.5, 0.6) is 0 Å². The second kappa shape index (κ2) is 7.01. The van der Waals surface area contributed by atoms with Gasteiger partial charge in [-0.05, 0) is 50.6 Å². The fourth-order valence-electron chi connectivity index (χ4n) is 2.95. The van der Waals surface area contributed by atoms with Crippen molar-refractivity contribution < 1.29 is 14.0 Å². The number of nitrogens with zero attached hydrogens (tertiary/aromatic N) is 2. The number of piperidine rings is 1. The van der Waals surface area contributed by atoms with Crippen molar-refractivity contribution in [3.05, 3.63) is 35.6 Å². The lowest BCUT2D eigenvalue weighted by atomic mass is 9.89. The van der Waals surface area contributed by atoms with E-state index >= 15 is 0 Å². The Bertz CT molecular complexity index is 542. The first-order valence-corrected chi connectivity index (χ1v) is 7.65. The average molecular weight is 306 g/mol. The van der Waals surface area contributed by atoms with Gasteiger partial charge in [0, 0.05) is 32.1 Å². The van der Waals surface area contributed by atoms with Gasteiger partial charge in [0.1, 0.15) is 5.82 Å². The molecule has 0 aromatic heterocycles. The van der Waals surface area contributed by atoms with E-state index in [9.17, 15) is 14.0 Å². The monoisotopic (exact) mass is 306 g/mol. The molecule has 0 aliphatic carbocycles. The summed E-state index contributed by atoms with van der Waals surface area (Å²) in [6.45, 7) is 3.29. The summed E-state index contributed by atoms with van der Waals surface area (Å²) in [6.07, 6.45) is 1.71. The van der Waals surface area contributed by atoms with E-state index < -0.39 is 0 Å². The molecule has 0 bridgehead atoms. The number of ketones is 1. The molecule has 1 aromatic rings. The predicted octanol–water partition coefficient (Wildman–Crippen LogP) is 2.20. The molecule has 5 heteroatoms. The first-order valence-electron chi connectivity index (χ1n) is 7.65. The second-order valence-corrected chi connectivity index (χ2v) is 6.11. The van der Waals surface area contributed by atoms with Crippen LogP contribution in [0.3, 0.4) is 0 Å². The molecule has 2 unspecified atom stereocenters. The Morgan fingerprint density at radius 2 is 1.91 bits per heavy atom. The summed E-state index contributed by atoms with van der Waals surface area (Å²) in [7, 11) is 3.48. The standard InChI is InChI=1S/C17H23FN2O2/c1-12(17(22)19(2)3)20-10-4-5-14(11-20)16(21)13-6-8-15(18)9-7-13/h6-9,12,14H,4-5,10-11H2,1-3H3. The van der Waals surface area contributed by atoms with Gasteiger partial charge in [0.05, 0.1) is 6.04 Å². The number of Topliss-reactive ketones (excluding diaryl/α,β-unsaturated/α-hetero) is 1. The Kier molecular flexibility index (Phi) is 5.29. The van der Waals surface area contributed by atoms with Crippen molar-refractivity contribution in [2.45, 2.75) is 25.8 Å². The van der Waals surface area contributed by atoms with E-state index in [0.29, 0.717) is 12.1 Å². The zero-order valence-electron chi connectivity index (χ0n) is 13.4. The van der Waals surface area contributed by atoms with Gasteiger partial charge in [-0.2, -0.15) is 0 Å². The summed E-state index contributed by atoms with van der Waals surface area (Å²) in [6, 6.07) is 5.47. The minimum Gasteiger partial charge on any atom is -0.347 e. The Labute approximate surface area is 130 Å². The molecular formula is C17H23FN2O2. The molecular weight excluding hydrogens is 283 g/mol. The minimum absolute atomic E-state index is 0.0363. The molecule has 120 valence electrons. The van der Waals surface area contributed by atoms with Gasteiger partial charge in [-0.3, -0.25) is 14.5 Å². The van der Waals surface area contributed by atoms with Crippen LogP contribution in [0.25, 0.3) is 0 Å². The normalized spacial score (nSPS) is 20.5. The van der Waals surface area contributed by atoms with E-state index in [4.69, 9.17) is 0 Å². The largest absolute Gasteiger partial charge is 0.347 e. The topological polar surface area (TPSA) is 40.6 Å². The number of hydrogen-bond donors (Lipinski definition) is 0. The highest BCUT2D eigenvalue weighted by Crippen LogP contribution is 2.23. The number of amides is 1. The summed E-state index contributed by atoms with van der Waals surface area (Å²) in [5.74, 6) is -0.382. The molecule has 1 aliphatic rings.